The molecule has 4 nitrogen and oxygen atoms in total. The number of nitrogens with zero attached hydrogens (tertiary/aromatic N) is 2. The zero-order valence-electron chi connectivity index (χ0n) is 30.5. The lowest BCUT2D eigenvalue weighted by atomic mass is 9.79. The molecule has 256 valence electrons. The SMILES string of the molecule is Cc1cc(N2c3ccccc3Oc3ccccc32)cc2c1-c1cc3c(cc1C2(C)C)-c1ccc(N2c4ccccc4Oc4ccccc42)cc1C3(C)C. The fourth-order valence-electron chi connectivity index (χ4n) is 9.49. The van der Waals surface area contributed by atoms with Crippen molar-refractivity contribution in [2.75, 3.05) is 9.80 Å². The largest absolute Gasteiger partial charge is 0.453 e. The first-order valence-electron chi connectivity index (χ1n) is 18.5. The maximum absolute atomic E-state index is 6.36. The van der Waals surface area contributed by atoms with Gasteiger partial charge in [0.05, 0.1) is 22.7 Å². The Labute approximate surface area is 310 Å². The van der Waals surface area contributed by atoms with E-state index >= 15 is 0 Å². The van der Waals surface area contributed by atoms with Gasteiger partial charge in [0.15, 0.2) is 23.0 Å². The average molecular weight is 687 g/mol. The van der Waals surface area contributed by atoms with E-state index in [0.717, 1.165) is 57.1 Å². The molecule has 0 unspecified atom stereocenters. The van der Waals surface area contributed by atoms with Gasteiger partial charge in [-0.1, -0.05) is 82.3 Å². The summed E-state index contributed by atoms with van der Waals surface area (Å²) in [5.74, 6) is 3.48. The second kappa shape index (κ2) is 10.4. The third kappa shape index (κ3) is 4.06. The maximum Gasteiger partial charge on any atom is 0.151 e. The highest BCUT2D eigenvalue weighted by Gasteiger charge is 2.43. The molecular weight excluding hydrogens is 649 g/mol. The van der Waals surface area contributed by atoms with Crippen LogP contribution >= 0.6 is 0 Å². The molecule has 2 aliphatic heterocycles. The fraction of sp³-hybridized carbons (Fsp3) is 0.143. The minimum absolute atomic E-state index is 0.191. The van der Waals surface area contributed by atoms with Crippen LogP contribution in [0.4, 0.5) is 34.1 Å². The zero-order valence-corrected chi connectivity index (χ0v) is 30.5. The van der Waals surface area contributed by atoms with Crippen LogP contribution in [-0.4, -0.2) is 0 Å². The van der Waals surface area contributed by atoms with Crippen LogP contribution in [-0.2, 0) is 10.8 Å². The number of rotatable bonds is 2. The molecule has 7 aromatic carbocycles. The summed E-state index contributed by atoms with van der Waals surface area (Å²) in [6.45, 7) is 11.8. The zero-order chi connectivity index (χ0) is 35.8. The molecule has 0 fully saturated rings. The van der Waals surface area contributed by atoms with E-state index in [-0.39, 0.29) is 10.8 Å². The van der Waals surface area contributed by atoms with Gasteiger partial charge < -0.3 is 19.3 Å². The Bertz CT molecular complexity index is 2630. The quantitative estimate of drug-likeness (QED) is 0.181. The van der Waals surface area contributed by atoms with E-state index in [0.29, 0.717) is 0 Å². The number of para-hydroxylation sites is 8. The van der Waals surface area contributed by atoms with Crippen LogP contribution in [0.25, 0.3) is 22.3 Å². The van der Waals surface area contributed by atoms with Gasteiger partial charge in [-0.2, -0.15) is 0 Å². The molecule has 0 N–H and O–H groups in total. The van der Waals surface area contributed by atoms with Crippen molar-refractivity contribution in [2.45, 2.75) is 45.4 Å². The minimum atomic E-state index is -0.195. The Morgan fingerprint density at radius 3 is 1.36 bits per heavy atom. The van der Waals surface area contributed by atoms with Crippen molar-refractivity contribution in [3.05, 3.63) is 167 Å². The van der Waals surface area contributed by atoms with Gasteiger partial charge in [0, 0.05) is 22.2 Å². The van der Waals surface area contributed by atoms with E-state index in [1.807, 2.05) is 24.3 Å². The molecule has 0 saturated heterocycles. The van der Waals surface area contributed by atoms with Crippen molar-refractivity contribution in [1.82, 2.24) is 0 Å². The molecule has 0 spiro atoms. The van der Waals surface area contributed by atoms with Crippen molar-refractivity contribution >= 4 is 34.1 Å². The lowest BCUT2D eigenvalue weighted by molar-refractivity contribution is 0.476. The van der Waals surface area contributed by atoms with Crippen molar-refractivity contribution in [1.29, 1.82) is 0 Å². The average Bonchev–Trinajstić information content (AvgIpc) is 3.53. The first kappa shape index (κ1) is 30.4. The monoisotopic (exact) mass is 686 g/mol. The van der Waals surface area contributed by atoms with Crippen LogP contribution in [0, 0.1) is 6.92 Å². The maximum atomic E-state index is 6.36. The van der Waals surface area contributed by atoms with Crippen LogP contribution in [0.2, 0.25) is 0 Å². The van der Waals surface area contributed by atoms with Crippen LogP contribution in [0.15, 0.2) is 140 Å². The molecular formula is C49H38N2O2. The Hall–Kier alpha value is -6.26. The lowest BCUT2D eigenvalue weighted by Gasteiger charge is -2.34. The predicted molar refractivity (Wildman–Crippen MR) is 216 cm³/mol. The number of benzene rings is 7. The third-order valence-corrected chi connectivity index (χ3v) is 12.1. The van der Waals surface area contributed by atoms with Gasteiger partial charge in [0.25, 0.3) is 0 Å². The summed E-state index contributed by atoms with van der Waals surface area (Å²) >= 11 is 0. The molecule has 0 amide bonds. The molecule has 0 saturated carbocycles. The predicted octanol–water partition coefficient (Wildman–Crippen LogP) is 13.8. The molecule has 4 aliphatic rings. The summed E-state index contributed by atoms with van der Waals surface area (Å²) in [6, 6.07) is 50.2. The smallest absolute Gasteiger partial charge is 0.151 e. The number of anilines is 6. The van der Waals surface area contributed by atoms with Gasteiger partial charge in [-0.05, 0) is 142 Å². The third-order valence-electron chi connectivity index (χ3n) is 12.1. The highest BCUT2D eigenvalue weighted by molar-refractivity contribution is 5.95. The van der Waals surface area contributed by atoms with E-state index in [1.165, 1.54) is 50.1 Å². The van der Waals surface area contributed by atoms with E-state index in [4.69, 9.17) is 9.47 Å². The van der Waals surface area contributed by atoms with Crippen molar-refractivity contribution in [3.63, 3.8) is 0 Å². The molecule has 2 heterocycles. The summed E-state index contributed by atoms with van der Waals surface area (Å²) < 4.78 is 12.7. The number of hydrogen-bond donors (Lipinski definition) is 0. The summed E-state index contributed by atoms with van der Waals surface area (Å²) in [5.41, 5.74) is 18.3. The molecule has 0 bridgehead atoms. The number of ether oxygens (including phenoxy) is 2. The second-order valence-electron chi connectivity index (χ2n) is 15.9. The highest BCUT2D eigenvalue weighted by atomic mass is 16.5. The van der Waals surface area contributed by atoms with Gasteiger partial charge in [-0.15, -0.1) is 0 Å². The highest BCUT2D eigenvalue weighted by Crippen LogP contribution is 2.60. The standard InChI is InChI=1S/C49H38N2O2/c1-29-24-31(51-41-16-8-12-20-45(41)53-46-21-13-9-17-42(46)51)26-38-47(29)34-28-36-33(27-37(34)49(38,4)5)32-23-22-30(25-35(32)48(36,2)3)50-39-14-6-10-18-43(39)52-44-19-11-7-15-40(44)50/h6-28H,1-5H3. The van der Waals surface area contributed by atoms with E-state index in [9.17, 15) is 0 Å². The van der Waals surface area contributed by atoms with Gasteiger partial charge >= 0.3 is 0 Å². The van der Waals surface area contributed by atoms with E-state index < -0.39 is 0 Å². The minimum Gasteiger partial charge on any atom is -0.453 e. The Morgan fingerprint density at radius 2 is 0.811 bits per heavy atom. The Morgan fingerprint density at radius 1 is 0.396 bits per heavy atom. The number of hydrogen-bond acceptors (Lipinski definition) is 4. The van der Waals surface area contributed by atoms with Gasteiger partial charge in [0.2, 0.25) is 0 Å². The molecule has 0 aromatic heterocycles. The van der Waals surface area contributed by atoms with Gasteiger partial charge in [0.1, 0.15) is 0 Å². The van der Waals surface area contributed by atoms with Crippen molar-refractivity contribution in [2.24, 2.45) is 0 Å². The van der Waals surface area contributed by atoms with E-state index in [1.54, 1.807) is 0 Å². The van der Waals surface area contributed by atoms with Crippen molar-refractivity contribution in [3.8, 4) is 45.3 Å². The first-order chi connectivity index (χ1) is 25.7. The second-order valence-corrected chi connectivity index (χ2v) is 15.9. The summed E-state index contributed by atoms with van der Waals surface area (Å²) in [7, 11) is 0. The topological polar surface area (TPSA) is 24.9 Å². The summed E-state index contributed by atoms with van der Waals surface area (Å²) in [5, 5.41) is 0. The number of aryl methyl sites for hydroxylation is 1. The summed E-state index contributed by atoms with van der Waals surface area (Å²) in [6.07, 6.45) is 0. The van der Waals surface area contributed by atoms with Gasteiger partial charge in [-0.3, -0.25) is 0 Å². The Balaban J connectivity index is 1.04. The van der Waals surface area contributed by atoms with Crippen molar-refractivity contribution < 1.29 is 9.47 Å². The van der Waals surface area contributed by atoms with Crippen LogP contribution in [0.5, 0.6) is 23.0 Å². The van der Waals surface area contributed by atoms with Crippen LogP contribution in [0.3, 0.4) is 0 Å². The number of fused-ring (bicyclic) bond motifs is 10. The molecule has 7 aromatic rings. The summed E-state index contributed by atoms with van der Waals surface area (Å²) in [4.78, 5) is 4.71. The van der Waals surface area contributed by atoms with E-state index in [2.05, 4.69) is 160 Å². The first-order valence-corrected chi connectivity index (χ1v) is 18.5. The molecule has 2 aliphatic carbocycles. The molecule has 11 rings (SSSR count). The Kier molecular flexibility index (Phi) is 5.97. The van der Waals surface area contributed by atoms with Gasteiger partial charge in [-0.25, -0.2) is 0 Å². The fourth-order valence-corrected chi connectivity index (χ4v) is 9.49. The molecule has 0 atom stereocenters. The molecule has 53 heavy (non-hydrogen) atoms. The van der Waals surface area contributed by atoms with Crippen LogP contribution in [0.1, 0.15) is 55.5 Å². The lowest BCUT2D eigenvalue weighted by Crippen LogP contribution is -2.19. The molecule has 0 radical (unpaired) electrons. The normalized spacial score (nSPS) is 15.8. The van der Waals surface area contributed by atoms with Crippen LogP contribution < -0.4 is 19.3 Å². The molecule has 4 heteroatoms.